The normalized spacial score (nSPS) is 14.6. The number of carbonyl (C=O) groups is 1. The van der Waals surface area contributed by atoms with Crippen molar-refractivity contribution in [2.45, 2.75) is 26.2 Å². The van der Waals surface area contributed by atoms with Crippen molar-refractivity contribution in [1.82, 2.24) is 4.98 Å². The highest BCUT2D eigenvalue weighted by Crippen LogP contribution is 2.24. The first-order chi connectivity index (χ1) is 11.2. The first-order valence-electron chi connectivity index (χ1n) is 8.21. The van der Waals surface area contributed by atoms with Crippen LogP contribution in [0, 0.1) is 6.92 Å². The van der Waals surface area contributed by atoms with Crippen LogP contribution in [0.2, 0.25) is 0 Å². The monoisotopic (exact) mass is 309 g/mol. The second-order valence-corrected chi connectivity index (χ2v) is 6.12. The van der Waals surface area contributed by atoms with Gasteiger partial charge in [-0.15, -0.1) is 0 Å². The van der Waals surface area contributed by atoms with Gasteiger partial charge in [0.05, 0.1) is 5.56 Å². The van der Waals surface area contributed by atoms with Gasteiger partial charge in [0, 0.05) is 32.0 Å². The first-order valence-corrected chi connectivity index (χ1v) is 8.21. The number of piperidine rings is 1. The molecule has 0 spiro atoms. The maximum absolute atomic E-state index is 13.0. The molecule has 4 nitrogen and oxygen atoms in total. The molecule has 0 atom stereocenters. The number of anilines is 2. The number of benzene rings is 1. The van der Waals surface area contributed by atoms with Crippen molar-refractivity contribution >= 4 is 17.4 Å². The molecule has 1 aliphatic heterocycles. The SMILES string of the molecule is Cc1ccc(N(C)C(=O)c2cccnc2N2CCCCC2)cc1. The molecule has 2 heterocycles. The summed E-state index contributed by atoms with van der Waals surface area (Å²) in [4.78, 5) is 21.4. The molecule has 1 fully saturated rings. The van der Waals surface area contributed by atoms with Crippen LogP contribution in [0.15, 0.2) is 42.6 Å². The van der Waals surface area contributed by atoms with Gasteiger partial charge < -0.3 is 9.80 Å². The Hall–Kier alpha value is -2.36. The number of rotatable bonds is 3. The van der Waals surface area contributed by atoms with Gasteiger partial charge in [-0.1, -0.05) is 17.7 Å². The van der Waals surface area contributed by atoms with Crippen LogP contribution in [0.4, 0.5) is 11.5 Å². The number of hydrogen-bond acceptors (Lipinski definition) is 3. The minimum atomic E-state index is -0.0115. The molecule has 0 aliphatic carbocycles. The molecular weight excluding hydrogens is 286 g/mol. The Bertz CT molecular complexity index is 675. The molecule has 23 heavy (non-hydrogen) atoms. The van der Waals surface area contributed by atoms with E-state index in [2.05, 4.69) is 9.88 Å². The van der Waals surface area contributed by atoms with Crippen molar-refractivity contribution in [1.29, 1.82) is 0 Å². The molecule has 1 aromatic carbocycles. The van der Waals surface area contributed by atoms with Gasteiger partial charge in [0.2, 0.25) is 0 Å². The Labute approximate surface area is 137 Å². The predicted octanol–water partition coefficient (Wildman–Crippen LogP) is 3.66. The lowest BCUT2D eigenvalue weighted by atomic mass is 10.1. The minimum Gasteiger partial charge on any atom is -0.356 e. The molecule has 120 valence electrons. The summed E-state index contributed by atoms with van der Waals surface area (Å²) in [5, 5.41) is 0. The zero-order valence-electron chi connectivity index (χ0n) is 13.8. The molecule has 0 saturated carbocycles. The van der Waals surface area contributed by atoms with E-state index in [1.807, 2.05) is 50.4 Å². The molecule has 3 rings (SSSR count). The lowest BCUT2D eigenvalue weighted by Gasteiger charge is -2.30. The second-order valence-electron chi connectivity index (χ2n) is 6.12. The lowest BCUT2D eigenvalue weighted by Crippen LogP contribution is -2.34. The van der Waals surface area contributed by atoms with E-state index in [1.54, 1.807) is 11.1 Å². The average molecular weight is 309 g/mol. The van der Waals surface area contributed by atoms with Gasteiger partial charge >= 0.3 is 0 Å². The maximum atomic E-state index is 13.0. The van der Waals surface area contributed by atoms with Gasteiger partial charge in [-0.05, 0) is 50.5 Å². The molecule has 0 radical (unpaired) electrons. The quantitative estimate of drug-likeness (QED) is 0.868. The van der Waals surface area contributed by atoms with Crippen LogP contribution in [-0.4, -0.2) is 31.0 Å². The molecule has 0 bridgehead atoms. The van der Waals surface area contributed by atoms with E-state index >= 15 is 0 Å². The summed E-state index contributed by atoms with van der Waals surface area (Å²) in [7, 11) is 1.82. The highest BCUT2D eigenvalue weighted by Gasteiger charge is 2.22. The van der Waals surface area contributed by atoms with Crippen LogP contribution in [-0.2, 0) is 0 Å². The van der Waals surface area contributed by atoms with Gasteiger partial charge in [-0.2, -0.15) is 0 Å². The van der Waals surface area contributed by atoms with Crippen LogP contribution < -0.4 is 9.80 Å². The summed E-state index contributed by atoms with van der Waals surface area (Å²) >= 11 is 0. The Kier molecular flexibility index (Phi) is 4.60. The van der Waals surface area contributed by atoms with E-state index in [0.29, 0.717) is 5.56 Å². The summed E-state index contributed by atoms with van der Waals surface area (Å²) in [6, 6.07) is 11.7. The van der Waals surface area contributed by atoms with Crippen LogP contribution in [0.3, 0.4) is 0 Å². The fourth-order valence-electron chi connectivity index (χ4n) is 2.99. The lowest BCUT2D eigenvalue weighted by molar-refractivity contribution is 0.0993. The molecule has 1 saturated heterocycles. The van der Waals surface area contributed by atoms with Crippen LogP contribution in [0.25, 0.3) is 0 Å². The molecule has 1 aliphatic rings. The summed E-state index contributed by atoms with van der Waals surface area (Å²) < 4.78 is 0. The van der Waals surface area contributed by atoms with Crippen LogP contribution in [0.5, 0.6) is 0 Å². The maximum Gasteiger partial charge on any atom is 0.261 e. The standard InChI is InChI=1S/C19H23N3O/c1-15-8-10-16(11-9-15)21(2)19(23)17-7-6-12-20-18(17)22-13-4-3-5-14-22/h6-12H,3-5,13-14H2,1-2H3. The fourth-order valence-corrected chi connectivity index (χ4v) is 2.99. The first kappa shape index (κ1) is 15.5. The zero-order chi connectivity index (χ0) is 16.2. The molecule has 1 aromatic heterocycles. The number of nitrogens with zero attached hydrogens (tertiary/aromatic N) is 3. The smallest absolute Gasteiger partial charge is 0.261 e. The topological polar surface area (TPSA) is 36.4 Å². The van der Waals surface area contributed by atoms with E-state index in [0.717, 1.165) is 37.4 Å². The molecule has 0 N–H and O–H groups in total. The van der Waals surface area contributed by atoms with Crippen LogP contribution >= 0.6 is 0 Å². The van der Waals surface area contributed by atoms with E-state index in [-0.39, 0.29) is 5.91 Å². The molecular formula is C19H23N3O. The number of hydrogen-bond donors (Lipinski definition) is 0. The number of carbonyl (C=O) groups excluding carboxylic acids is 1. The van der Waals surface area contributed by atoms with Crippen molar-refractivity contribution in [2.24, 2.45) is 0 Å². The summed E-state index contributed by atoms with van der Waals surface area (Å²) in [5.41, 5.74) is 2.76. The van der Waals surface area contributed by atoms with Crippen LogP contribution in [0.1, 0.15) is 35.2 Å². The van der Waals surface area contributed by atoms with Crippen molar-refractivity contribution in [3.05, 3.63) is 53.7 Å². The van der Waals surface area contributed by atoms with Crippen molar-refractivity contribution in [2.75, 3.05) is 29.9 Å². The Morgan fingerprint density at radius 1 is 1.09 bits per heavy atom. The predicted molar refractivity (Wildman–Crippen MR) is 94.2 cm³/mol. The van der Waals surface area contributed by atoms with E-state index < -0.39 is 0 Å². The highest BCUT2D eigenvalue weighted by molar-refractivity contribution is 6.08. The fraction of sp³-hybridized carbons (Fsp3) is 0.368. The Morgan fingerprint density at radius 2 is 1.78 bits per heavy atom. The van der Waals surface area contributed by atoms with Crippen molar-refractivity contribution in [3.63, 3.8) is 0 Å². The van der Waals surface area contributed by atoms with E-state index in [9.17, 15) is 4.79 Å². The minimum absolute atomic E-state index is 0.0115. The summed E-state index contributed by atoms with van der Waals surface area (Å²) in [5.74, 6) is 0.804. The number of pyridine rings is 1. The molecule has 1 amide bonds. The number of aromatic nitrogens is 1. The third-order valence-corrected chi connectivity index (χ3v) is 4.40. The Balaban J connectivity index is 1.88. The summed E-state index contributed by atoms with van der Waals surface area (Å²) in [6.45, 7) is 4.00. The van der Waals surface area contributed by atoms with Gasteiger partial charge in [0.1, 0.15) is 5.82 Å². The average Bonchev–Trinajstić information content (AvgIpc) is 2.62. The number of amides is 1. The van der Waals surface area contributed by atoms with Gasteiger partial charge in [0.25, 0.3) is 5.91 Å². The van der Waals surface area contributed by atoms with Gasteiger partial charge in [-0.25, -0.2) is 4.98 Å². The van der Waals surface area contributed by atoms with E-state index in [4.69, 9.17) is 0 Å². The van der Waals surface area contributed by atoms with Crippen molar-refractivity contribution < 1.29 is 4.79 Å². The van der Waals surface area contributed by atoms with Crippen molar-refractivity contribution in [3.8, 4) is 0 Å². The second kappa shape index (κ2) is 6.82. The largest absolute Gasteiger partial charge is 0.356 e. The molecule has 4 heteroatoms. The third-order valence-electron chi connectivity index (χ3n) is 4.40. The van der Waals surface area contributed by atoms with Gasteiger partial charge in [0.15, 0.2) is 0 Å². The third kappa shape index (κ3) is 3.36. The Morgan fingerprint density at radius 3 is 2.48 bits per heavy atom. The van der Waals surface area contributed by atoms with Gasteiger partial charge in [-0.3, -0.25) is 4.79 Å². The van der Waals surface area contributed by atoms with E-state index in [1.165, 1.54) is 12.0 Å². The molecule has 2 aromatic rings. The summed E-state index contributed by atoms with van der Waals surface area (Å²) in [6.07, 6.45) is 5.36. The zero-order valence-corrected chi connectivity index (χ0v) is 13.8. The molecule has 0 unspecified atom stereocenters. The highest BCUT2D eigenvalue weighted by atomic mass is 16.2. The number of aryl methyl sites for hydroxylation is 1.